The Kier molecular flexibility index (Phi) is 10.3. The quantitative estimate of drug-likeness (QED) is 0.517. The Bertz CT molecular complexity index is 549. The Labute approximate surface area is 148 Å². The molecule has 0 radical (unpaired) electrons. The summed E-state index contributed by atoms with van der Waals surface area (Å²) < 4.78 is 56.6. The monoisotopic (exact) mass is 403 g/mol. The maximum absolute atomic E-state index is 12.5. The first kappa shape index (κ1) is 23.5. The SMILES string of the molecule is COP(=O)(OC)C(/C=C(/Cl)c1ccccc1)[NH+](C)C.[O-][Cl+3]([O-])([O-])[O-]. The molecule has 11 heteroatoms. The maximum Gasteiger partial charge on any atom is 0.391 e. The van der Waals surface area contributed by atoms with Crippen molar-refractivity contribution >= 4 is 24.2 Å². The van der Waals surface area contributed by atoms with Crippen LogP contribution in [0.5, 0.6) is 0 Å². The summed E-state index contributed by atoms with van der Waals surface area (Å²) in [5, 5.41) is 0.529. The van der Waals surface area contributed by atoms with Gasteiger partial charge in [-0.2, -0.15) is 0 Å². The van der Waals surface area contributed by atoms with Crippen molar-refractivity contribution in [3.05, 3.63) is 42.0 Å². The molecule has 138 valence electrons. The van der Waals surface area contributed by atoms with Gasteiger partial charge in [-0.05, 0) is 5.56 Å². The average Bonchev–Trinajstić information content (AvgIpc) is 2.50. The second kappa shape index (κ2) is 10.5. The molecule has 1 N–H and O–H groups in total. The fraction of sp³-hybridized carbons (Fsp3) is 0.385. The van der Waals surface area contributed by atoms with Crippen molar-refractivity contribution in [3.63, 3.8) is 0 Å². The number of rotatable bonds is 6. The third kappa shape index (κ3) is 9.10. The molecule has 0 aromatic heterocycles. The molecule has 1 aromatic rings. The van der Waals surface area contributed by atoms with Gasteiger partial charge in [0.1, 0.15) is 0 Å². The molecule has 1 unspecified atom stereocenters. The Morgan fingerprint density at radius 3 is 1.92 bits per heavy atom. The van der Waals surface area contributed by atoms with Gasteiger partial charge in [0.25, 0.3) is 0 Å². The second-order valence-corrected chi connectivity index (χ2v) is 8.22. The molecule has 0 aliphatic carbocycles. The van der Waals surface area contributed by atoms with Crippen molar-refractivity contribution < 1.29 is 47.4 Å². The van der Waals surface area contributed by atoms with E-state index in [0.29, 0.717) is 5.03 Å². The molecule has 1 rings (SSSR count). The van der Waals surface area contributed by atoms with Crippen molar-refractivity contribution in [2.24, 2.45) is 0 Å². The van der Waals surface area contributed by atoms with E-state index in [1.54, 1.807) is 6.08 Å². The number of hydrogen-bond donors (Lipinski definition) is 1. The Morgan fingerprint density at radius 1 is 1.17 bits per heavy atom. The van der Waals surface area contributed by atoms with Crippen molar-refractivity contribution in [1.82, 2.24) is 0 Å². The van der Waals surface area contributed by atoms with Crippen molar-refractivity contribution in [2.75, 3.05) is 28.3 Å². The van der Waals surface area contributed by atoms with Crippen LogP contribution in [0.4, 0.5) is 0 Å². The normalized spacial score (nSPS) is 14.2. The molecule has 1 aromatic carbocycles. The van der Waals surface area contributed by atoms with Crippen molar-refractivity contribution in [2.45, 2.75) is 5.78 Å². The van der Waals surface area contributed by atoms with Gasteiger partial charge in [0.05, 0.1) is 19.1 Å². The van der Waals surface area contributed by atoms with Crippen LogP contribution >= 0.6 is 19.2 Å². The van der Waals surface area contributed by atoms with Gasteiger partial charge < -0.3 is 13.9 Å². The summed E-state index contributed by atoms with van der Waals surface area (Å²) in [5.74, 6) is -0.463. The fourth-order valence-corrected chi connectivity index (χ4v) is 3.62. The average molecular weight is 404 g/mol. The molecular weight excluding hydrogens is 384 g/mol. The van der Waals surface area contributed by atoms with Crippen LogP contribution in [0, 0.1) is 10.2 Å². The van der Waals surface area contributed by atoms with Gasteiger partial charge in [-0.15, -0.1) is 10.2 Å². The number of quaternary nitrogens is 1. The van der Waals surface area contributed by atoms with Crippen molar-refractivity contribution in [1.29, 1.82) is 0 Å². The van der Waals surface area contributed by atoms with Gasteiger partial charge >= 0.3 is 7.60 Å². The summed E-state index contributed by atoms with van der Waals surface area (Å²) in [5.41, 5.74) is 0.870. The molecule has 0 amide bonds. The number of nitrogens with one attached hydrogen (secondary N) is 1. The van der Waals surface area contributed by atoms with Crippen LogP contribution in [0.25, 0.3) is 5.03 Å². The zero-order chi connectivity index (χ0) is 19.0. The molecule has 1 atom stereocenters. The largest absolute Gasteiger partial charge is 0.391 e. The topological polar surface area (TPSA) is 132 Å². The summed E-state index contributed by atoms with van der Waals surface area (Å²) in [6.07, 6.45) is 1.72. The summed E-state index contributed by atoms with van der Waals surface area (Å²) in [6.45, 7) is 0. The highest BCUT2D eigenvalue weighted by molar-refractivity contribution is 7.54. The van der Waals surface area contributed by atoms with Crippen LogP contribution in [0.2, 0.25) is 0 Å². The van der Waals surface area contributed by atoms with Crippen LogP contribution in [0.1, 0.15) is 5.56 Å². The highest BCUT2D eigenvalue weighted by Crippen LogP contribution is 2.50. The van der Waals surface area contributed by atoms with Gasteiger partial charge in [-0.1, -0.05) is 41.9 Å². The lowest BCUT2D eigenvalue weighted by Gasteiger charge is -2.24. The van der Waals surface area contributed by atoms with E-state index in [-0.39, 0.29) is 0 Å². The Morgan fingerprint density at radius 2 is 1.58 bits per heavy atom. The van der Waals surface area contributed by atoms with Crippen LogP contribution in [0.3, 0.4) is 0 Å². The first-order valence-electron chi connectivity index (χ1n) is 6.50. The molecule has 0 fully saturated rings. The summed E-state index contributed by atoms with van der Waals surface area (Å²) in [7, 11) is -1.65. The van der Waals surface area contributed by atoms with Gasteiger partial charge in [0.15, 0.2) is 0 Å². The lowest BCUT2D eigenvalue weighted by Crippen LogP contribution is -3.09. The van der Waals surface area contributed by atoms with E-state index in [4.69, 9.17) is 39.3 Å². The predicted molar refractivity (Wildman–Crippen MR) is 78.5 cm³/mol. The van der Waals surface area contributed by atoms with E-state index < -0.39 is 23.6 Å². The standard InChI is InChI=1S/C13H19ClNO3P.ClHO4/c1-15(2)13(19(16,17-3)18-4)10-12(14)11-8-6-5-7-9-11;2-1(3,4)5/h5-10,13H,1-4H3;(H,2,3,4,5)/b12-10+;. The van der Waals surface area contributed by atoms with E-state index in [1.807, 2.05) is 44.4 Å². The highest BCUT2D eigenvalue weighted by Gasteiger charge is 2.38. The van der Waals surface area contributed by atoms with Crippen LogP contribution in [-0.4, -0.2) is 34.1 Å². The van der Waals surface area contributed by atoms with Crippen molar-refractivity contribution in [3.8, 4) is 0 Å². The zero-order valence-corrected chi connectivity index (χ0v) is 16.0. The minimum atomic E-state index is -4.94. The summed E-state index contributed by atoms with van der Waals surface area (Å²) >= 11 is 6.28. The third-order valence-corrected chi connectivity index (χ3v) is 5.50. The molecule has 24 heavy (non-hydrogen) atoms. The summed E-state index contributed by atoms with van der Waals surface area (Å²) in [4.78, 5) is 0.918. The molecule has 0 spiro atoms. The minimum absolute atomic E-state index is 0.463. The first-order chi connectivity index (χ1) is 10.9. The van der Waals surface area contributed by atoms with Gasteiger partial charge in [-0.25, -0.2) is 18.6 Å². The number of hydrogen-bond acceptors (Lipinski definition) is 7. The third-order valence-electron chi connectivity index (χ3n) is 2.79. The molecule has 0 saturated carbocycles. The van der Waals surface area contributed by atoms with Crippen LogP contribution in [-0.2, 0) is 13.6 Å². The van der Waals surface area contributed by atoms with E-state index in [0.717, 1.165) is 10.5 Å². The number of halogens is 2. The van der Waals surface area contributed by atoms with Gasteiger partial charge in [0, 0.05) is 20.3 Å². The maximum atomic E-state index is 12.5. The van der Waals surface area contributed by atoms with E-state index >= 15 is 0 Å². The lowest BCUT2D eigenvalue weighted by atomic mass is 10.2. The van der Waals surface area contributed by atoms with Crippen LogP contribution in [0.15, 0.2) is 36.4 Å². The number of benzene rings is 1. The second-order valence-electron chi connectivity index (χ2n) is 4.69. The smallest absolute Gasteiger partial charge is 0.324 e. The molecule has 0 heterocycles. The van der Waals surface area contributed by atoms with Gasteiger partial charge in [0.2, 0.25) is 5.78 Å². The summed E-state index contributed by atoms with van der Waals surface area (Å²) in [6, 6.07) is 9.50. The van der Waals surface area contributed by atoms with Crippen LogP contribution < -0.4 is 23.5 Å². The van der Waals surface area contributed by atoms with E-state index in [1.165, 1.54) is 14.2 Å². The Balaban J connectivity index is 0.000000922. The zero-order valence-electron chi connectivity index (χ0n) is 13.6. The van der Waals surface area contributed by atoms with Gasteiger partial charge in [-0.3, -0.25) is 4.57 Å². The van der Waals surface area contributed by atoms with E-state index in [9.17, 15) is 4.57 Å². The first-order valence-corrected chi connectivity index (χ1v) is 9.72. The molecule has 8 nitrogen and oxygen atoms in total. The molecule has 0 aliphatic heterocycles. The number of likely N-dealkylation sites (N-methyl/N-ethyl adjacent to an activating group) is 1. The molecule has 0 saturated heterocycles. The molecule has 0 aliphatic rings. The highest BCUT2D eigenvalue weighted by atomic mass is 35.7. The lowest BCUT2D eigenvalue weighted by molar-refractivity contribution is -2.00. The molecular formula is C13H20Cl2NO7P. The predicted octanol–water partition coefficient (Wildman–Crippen LogP) is -2.53. The molecule has 0 bridgehead atoms. The fourth-order valence-electron chi connectivity index (χ4n) is 1.71. The van der Waals surface area contributed by atoms with E-state index in [2.05, 4.69) is 0 Å². The Hall–Kier alpha value is -0.510. The minimum Gasteiger partial charge on any atom is -0.324 e.